The number of aromatic hydroxyl groups is 1. The number of phenols is 1. The second-order valence-corrected chi connectivity index (χ2v) is 9.58. The number of alkyl halides is 3. The number of halogens is 3. The van der Waals surface area contributed by atoms with Crippen molar-refractivity contribution in [1.29, 1.82) is 0 Å². The predicted octanol–water partition coefficient (Wildman–Crippen LogP) is 4.95. The Morgan fingerprint density at radius 3 is 2.47 bits per heavy atom. The Labute approximate surface area is 197 Å². The average Bonchev–Trinajstić information content (AvgIpc) is 2.80. The molecule has 3 aliphatic rings. The van der Waals surface area contributed by atoms with E-state index >= 15 is 0 Å². The smallest absolute Gasteiger partial charge is 0.416 e. The molecule has 4 atom stereocenters. The summed E-state index contributed by atoms with van der Waals surface area (Å²) in [6.07, 6.45) is 0.0971. The monoisotopic (exact) mass is 474 g/mol. The third-order valence-electron chi connectivity index (χ3n) is 7.95. The van der Waals surface area contributed by atoms with Gasteiger partial charge in [-0.25, -0.2) is 0 Å². The van der Waals surface area contributed by atoms with Crippen LogP contribution >= 0.6 is 0 Å². The molecule has 1 aliphatic heterocycles. The fourth-order valence-corrected chi connectivity index (χ4v) is 6.31. The quantitative estimate of drug-likeness (QED) is 0.657. The van der Waals surface area contributed by atoms with Crippen LogP contribution in [0.4, 0.5) is 18.9 Å². The Bertz CT molecular complexity index is 1120. The van der Waals surface area contributed by atoms with Crippen molar-refractivity contribution in [3.05, 3.63) is 64.9 Å². The molecule has 8 heteroatoms. The van der Waals surface area contributed by atoms with Crippen LogP contribution in [0.5, 0.6) is 11.5 Å². The minimum atomic E-state index is -4.38. The molecule has 34 heavy (non-hydrogen) atoms. The van der Waals surface area contributed by atoms with Gasteiger partial charge in [-0.2, -0.15) is 13.2 Å². The number of rotatable bonds is 4. The van der Waals surface area contributed by atoms with Crippen LogP contribution in [0.25, 0.3) is 0 Å². The molecule has 1 heterocycles. The zero-order chi connectivity index (χ0) is 24.3. The number of ether oxygens (including phenoxy) is 2. The van der Waals surface area contributed by atoms with Crippen LogP contribution in [0.3, 0.4) is 0 Å². The first-order valence-electron chi connectivity index (χ1n) is 11.5. The molecular formula is C26H29F3N2O3. The summed E-state index contributed by atoms with van der Waals surface area (Å²) in [7, 11) is 5.31. The first-order chi connectivity index (χ1) is 16.2. The number of nitrogens with zero attached hydrogens (tertiary/aromatic N) is 1. The van der Waals surface area contributed by atoms with Crippen molar-refractivity contribution < 1.29 is 27.8 Å². The van der Waals surface area contributed by atoms with E-state index in [9.17, 15) is 18.3 Å². The lowest BCUT2D eigenvalue weighted by molar-refractivity contribution is -0.137. The largest absolute Gasteiger partial charge is 0.504 e. The highest BCUT2D eigenvalue weighted by molar-refractivity contribution is 5.58. The molecule has 0 aromatic heterocycles. The van der Waals surface area contributed by atoms with E-state index in [1.54, 1.807) is 14.2 Å². The van der Waals surface area contributed by atoms with E-state index in [2.05, 4.69) is 23.3 Å². The molecule has 0 spiro atoms. The van der Waals surface area contributed by atoms with Crippen LogP contribution in [-0.4, -0.2) is 49.9 Å². The number of piperidine rings is 1. The summed E-state index contributed by atoms with van der Waals surface area (Å²) in [4.78, 5) is 2.38. The lowest BCUT2D eigenvalue weighted by atomic mass is 9.53. The number of hydrogen-bond acceptors (Lipinski definition) is 5. The Balaban J connectivity index is 1.57. The Morgan fingerprint density at radius 1 is 1.09 bits per heavy atom. The average molecular weight is 475 g/mol. The third-order valence-corrected chi connectivity index (χ3v) is 7.95. The van der Waals surface area contributed by atoms with Gasteiger partial charge in [0.1, 0.15) is 5.76 Å². The highest BCUT2D eigenvalue weighted by Crippen LogP contribution is 2.58. The molecule has 2 aromatic carbocycles. The molecule has 5 nitrogen and oxygen atoms in total. The highest BCUT2D eigenvalue weighted by Gasteiger charge is 2.56. The number of methoxy groups -OCH3 is 2. The molecule has 2 aromatic rings. The fraction of sp³-hybridized carbons (Fsp3) is 0.462. The molecule has 182 valence electrons. The topological polar surface area (TPSA) is 54.0 Å². The van der Waals surface area contributed by atoms with E-state index in [1.165, 1.54) is 12.1 Å². The predicted molar refractivity (Wildman–Crippen MR) is 123 cm³/mol. The minimum Gasteiger partial charge on any atom is -0.504 e. The van der Waals surface area contributed by atoms with E-state index in [0.29, 0.717) is 17.9 Å². The van der Waals surface area contributed by atoms with Gasteiger partial charge in [0.25, 0.3) is 0 Å². The van der Waals surface area contributed by atoms with Crippen LogP contribution in [0.2, 0.25) is 0 Å². The van der Waals surface area contributed by atoms with Gasteiger partial charge < -0.3 is 24.8 Å². The van der Waals surface area contributed by atoms with Crippen molar-refractivity contribution in [2.24, 2.45) is 5.92 Å². The van der Waals surface area contributed by atoms with Crippen LogP contribution in [0, 0.1) is 5.92 Å². The zero-order valence-electron chi connectivity index (χ0n) is 19.4. The van der Waals surface area contributed by atoms with Crippen molar-refractivity contribution in [3.63, 3.8) is 0 Å². The van der Waals surface area contributed by atoms with Crippen molar-refractivity contribution in [2.75, 3.05) is 33.1 Å². The van der Waals surface area contributed by atoms with Gasteiger partial charge in [0.15, 0.2) is 11.5 Å². The molecule has 2 N–H and O–H groups in total. The van der Waals surface area contributed by atoms with E-state index in [0.717, 1.165) is 48.4 Å². The van der Waals surface area contributed by atoms with Crippen molar-refractivity contribution >= 4 is 5.69 Å². The zero-order valence-corrected chi connectivity index (χ0v) is 19.4. The van der Waals surface area contributed by atoms with Crippen molar-refractivity contribution in [1.82, 2.24) is 4.90 Å². The van der Waals surface area contributed by atoms with Gasteiger partial charge in [-0.3, -0.25) is 0 Å². The molecule has 0 radical (unpaired) electrons. The standard InChI is InChI=1S/C26H29F3N2O3/c1-31-11-10-25-14-19(30-17-7-5-16(6-8-17)26(27,28)29)22(34-3)13-18(25)20(31)12-15-4-9-21(33-2)24(32)23(15)25/h4-9,13,18-20,30,32H,10-12,14H2,1-3H3/t18-,19?,20+,25-/m1/s1. The summed E-state index contributed by atoms with van der Waals surface area (Å²) in [6, 6.07) is 8.95. The molecule has 0 saturated carbocycles. The first-order valence-corrected chi connectivity index (χ1v) is 11.5. The molecule has 1 fully saturated rings. The summed E-state index contributed by atoms with van der Waals surface area (Å²) in [5.74, 6) is 1.55. The molecular weight excluding hydrogens is 445 g/mol. The van der Waals surface area contributed by atoms with Gasteiger partial charge in [-0.15, -0.1) is 0 Å². The summed E-state index contributed by atoms with van der Waals surface area (Å²) >= 11 is 0. The van der Waals surface area contributed by atoms with Crippen LogP contribution in [-0.2, 0) is 22.7 Å². The number of anilines is 1. The van der Waals surface area contributed by atoms with E-state index in [1.807, 2.05) is 12.1 Å². The van der Waals surface area contributed by atoms with E-state index < -0.39 is 11.7 Å². The van der Waals surface area contributed by atoms with Gasteiger partial charge in [-0.05, 0) is 74.8 Å². The normalized spacial score (nSPS) is 28.4. The Hall–Kier alpha value is -2.87. The summed E-state index contributed by atoms with van der Waals surface area (Å²) in [5.41, 5.74) is 1.63. The molecule has 1 unspecified atom stereocenters. The number of hydrogen-bond donors (Lipinski definition) is 2. The second kappa shape index (κ2) is 8.12. The van der Waals surface area contributed by atoms with Gasteiger partial charge in [0, 0.05) is 28.6 Å². The molecule has 5 rings (SSSR count). The van der Waals surface area contributed by atoms with Crippen molar-refractivity contribution in [2.45, 2.75) is 42.9 Å². The maximum Gasteiger partial charge on any atom is 0.416 e. The first kappa shape index (κ1) is 22.9. The number of phenolic OH excluding ortho intramolecular Hbond substituents is 1. The number of nitrogens with one attached hydrogen (secondary N) is 1. The summed E-state index contributed by atoms with van der Waals surface area (Å²) < 4.78 is 50.2. The second-order valence-electron chi connectivity index (χ2n) is 9.58. The maximum absolute atomic E-state index is 13.0. The van der Waals surface area contributed by atoms with E-state index in [4.69, 9.17) is 9.47 Å². The van der Waals surface area contributed by atoms with Crippen LogP contribution in [0.15, 0.2) is 48.2 Å². The highest BCUT2D eigenvalue weighted by atomic mass is 19.4. The molecule has 0 amide bonds. The molecule has 2 bridgehead atoms. The lowest BCUT2D eigenvalue weighted by Gasteiger charge is -2.58. The Morgan fingerprint density at radius 2 is 1.82 bits per heavy atom. The minimum absolute atomic E-state index is 0.136. The van der Waals surface area contributed by atoms with Gasteiger partial charge in [-0.1, -0.05) is 6.07 Å². The van der Waals surface area contributed by atoms with Gasteiger partial charge >= 0.3 is 6.18 Å². The summed E-state index contributed by atoms with van der Waals surface area (Å²) in [6.45, 7) is 0.889. The number of likely N-dealkylation sites (tertiary alicyclic amines) is 1. The number of benzene rings is 2. The van der Waals surface area contributed by atoms with Crippen LogP contribution < -0.4 is 10.1 Å². The number of likely N-dealkylation sites (N-methyl/N-ethyl adjacent to an activating group) is 1. The number of fused-ring (bicyclic) bond motifs is 1. The lowest BCUT2D eigenvalue weighted by Crippen LogP contribution is -2.61. The molecule has 1 saturated heterocycles. The van der Waals surface area contributed by atoms with E-state index in [-0.39, 0.29) is 29.2 Å². The van der Waals surface area contributed by atoms with Gasteiger partial charge in [0.2, 0.25) is 0 Å². The fourth-order valence-electron chi connectivity index (χ4n) is 6.31. The maximum atomic E-state index is 13.0. The Kier molecular flexibility index (Phi) is 5.47. The SMILES string of the molecule is COC1=C[C@@H]2[C@@H]3Cc4ccc(OC)c(O)c4[C@]2(CCN3C)CC1Nc1ccc(C(F)(F)F)cc1. The van der Waals surface area contributed by atoms with Gasteiger partial charge in [0.05, 0.1) is 25.8 Å². The summed E-state index contributed by atoms with van der Waals surface area (Å²) in [5, 5.41) is 14.6. The molecule has 2 aliphatic carbocycles. The van der Waals surface area contributed by atoms with Crippen LogP contribution in [0.1, 0.15) is 29.5 Å². The third kappa shape index (κ3) is 3.50. The van der Waals surface area contributed by atoms with Crippen molar-refractivity contribution in [3.8, 4) is 11.5 Å².